The average molecular weight is 302 g/mol. The molecule has 1 aromatic heterocycles. The largest absolute Gasteiger partial charge is 0.446 e. The van der Waals surface area contributed by atoms with Gasteiger partial charge in [-0.05, 0) is 35.3 Å². The second kappa shape index (κ2) is 5.79. The number of rotatable bonds is 4. The number of thiophene rings is 1. The summed E-state index contributed by atoms with van der Waals surface area (Å²) in [6.45, 7) is 0. The summed E-state index contributed by atoms with van der Waals surface area (Å²) in [4.78, 5) is 12.9. The van der Waals surface area contributed by atoms with Gasteiger partial charge < -0.3 is 0 Å². The number of halogens is 3. The van der Waals surface area contributed by atoms with E-state index in [0.29, 0.717) is 5.56 Å². The van der Waals surface area contributed by atoms with Crippen LogP contribution in [0.15, 0.2) is 46.7 Å². The number of hydrogen-bond acceptors (Lipinski definition) is 3. The summed E-state index contributed by atoms with van der Waals surface area (Å²) in [7, 11) is 0. The molecule has 19 heavy (non-hydrogen) atoms. The summed E-state index contributed by atoms with van der Waals surface area (Å²) in [6.07, 6.45) is 0.281. The van der Waals surface area contributed by atoms with Crippen molar-refractivity contribution in [2.24, 2.45) is 0 Å². The SMILES string of the molecule is O=C(Cc1cccs1)c1ccc(SC(F)(F)F)cc1. The van der Waals surface area contributed by atoms with E-state index >= 15 is 0 Å². The van der Waals surface area contributed by atoms with Gasteiger partial charge in [-0.2, -0.15) is 13.2 Å². The van der Waals surface area contributed by atoms with E-state index in [1.165, 1.54) is 35.6 Å². The van der Waals surface area contributed by atoms with Gasteiger partial charge in [-0.25, -0.2) is 0 Å². The van der Waals surface area contributed by atoms with Crippen LogP contribution in [0.4, 0.5) is 13.2 Å². The third kappa shape index (κ3) is 4.40. The number of alkyl halides is 3. The molecule has 0 saturated heterocycles. The average Bonchev–Trinajstić information content (AvgIpc) is 2.80. The Labute approximate surface area is 116 Å². The van der Waals surface area contributed by atoms with E-state index in [1.807, 2.05) is 17.5 Å². The summed E-state index contributed by atoms with van der Waals surface area (Å²) in [5.74, 6) is -0.0917. The zero-order valence-electron chi connectivity index (χ0n) is 9.61. The maximum absolute atomic E-state index is 12.1. The molecule has 0 atom stereocenters. The maximum atomic E-state index is 12.1. The van der Waals surface area contributed by atoms with Crippen LogP contribution in [-0.4, -0.2) is 11.3 Å². The predicted molar refractivity (Wildman–Crippen MR) is 70.7 cm³/mol. The van der Waals surface area contributed by atoms with Gasteiger partial charge in [0.2, 0.25) is 0 Å². The number of ketones is 1. The van der Waals surface area contributed by atoms with Crippen molar-refractivity contribution in [1.29, 1.82) is 0 Å². The van der Waals surface area contributed by atoms with Gasteiger partial charge in [0.25, 0.3) is 0 Å². The Kier molecular flexibility index (Phi) is 4.31. The lowest BCUT2D eigenvalue weighted by Crippen LogP contribution is -2.03. The highest BCUT2D eigenvalue weighted by Crippen LogP contribution is 2.36. The van der Waals surface area contributed by atoms with E-state index in [4.69, 9.17) is 0 Å². The van der Waals surface area contributed by atoms with Gasteiger partial charge in [0, 0.05) is 21.8 Å². The van der Waals surface area contributed by atoms with Crippen LogP contribution in [0.2, 0.25) is 0 Å². The summed E-state index contributed by atoms with van der Waals surface area (Å²) >= 11 is 1.30. The Morgan fingerprint density at radius 1 is 1.16 bits per heavy atom. The van der Waals surface area contributed by atoms with Gasteiger partial charge in [-0.3, -0.25) is 4.79 Å². The van der Waals surface area contributed by atoms with Crippen molar-refractivity contribution >= 4 is 28.9 Å². The van der Waals surface area contributed by atoms with Crippen molar-refractivity contribution < 1.29 is 18.0 Å². The first kappa shape index (κ1) is 14.1. The normalized spacial score (nSPS) is 11.5. The second-order valence-corrected chi connectivity index (χ2v) is 5.92. The summed E-state index contributed by atoms with van der Waals surface area (Å²) in [5.41, 5.74) is -3.87. The molecule has 0 aliphatic rings. The highest BCUT2D eigenvalue weighted by atomic mass is 32.2. The summed E-state index contributed by atoms with van der Waals surface area (Å²) in [6, 6.07) is 9.22. The van der Waals surface area contributed by atoms with E-state index < -0.39 is 5.51 Å². The molecule has 0 aliphatic carbocycles. The first-order valence-electron chi connectivity index (χ1n) is 5.35. The molecule has 0 aliphatic heterocycles. The van der Waals surface area contributed by atoms with Crippen LogP contribution in [0.3, 0.4) is 0 Å². The lowest BCUT2D eigenvalue weighted by atomic mass is 10.1. The number of carbonyl (C=O) groups excluding carboxylic acids is 1. The fraction of sp³-hybridized carbons (Fsp3) is 0.154. The Bertz CT molecular complexity index is 544. The van der Waals surface area contributed by atoms with E-state index in [9.17, 15) is 18.0 Å². The highest BCUT2D eigenvalue weighted by molar-refractivity contribution is 8.00. The third-order valence-corrected chi connectivity index (χ3v) is 3.94. The molecule has 0 unspecified atom stereocenters. The van der Waals surface area contributed by atoms with Gasteiger partial charge >= 0.3 is 5.51 Å². The minimum absolute atomic E-state index is 0.0835. The summed E-state index contributed by atoms with van der Waals surface area (Å²) < 4.78 is 36.4. The molecule has 0 spiro atoms. The zero-order chi connectivity index (χ0) is 13.9. The molecule has 2 rings (SSSR count). The predicted octanol–water partition coefficient (Wildman–Crippen LogP) is 4.79. The van der Waals surface area contributed by atoms with Crippen LogP contribution in [0.25, 0.3) is 0 Å². The molecule has 0 saturated carbocycles. The van der Waals surface area contributed by atoms with Crippen LogP contribution >= 0.6 is 23.1 Å². The van der Waals surface area contributed by atoms with Gasteiger partial charge in [0.15, 0.2) is 5.78 Å². The third-order valence-electron chi connectivity index (χ3n) is 2.32. The van der Waals surface area contributed by atoms with Crippen LogP contribution in [0.5, 0.6) is 0 Å². The molecule has 0 N–H and O–H groups in total. The van der Waals surface area contributed by atoms with Gasteiger partial charge in [0.1, 0.15) is 0 Å². The van der Waals surface area contributed by atoms with Crippen molar-refractivity contribution in [3.63, 3.8) is 0 Å². The Balaban J connectivity index is 2.04. The van der Waals surface area contributed by atoms with Crippen molar-refractivity contribution in [2.75, 3.05) is 0 Å². The second-order valence-electron chi connectivity index (χ2n) is 3.75. The van der Waals surface area contributed by atoms with E-state index in [-0.39, 0.29) is 28.9 Å². The smallest absolute Gasteiger partial charge is 0.294 e. The maximum Gasteiger partial charge on any atom is 0.446 e. The molecule has 6 heteroatoms. The van der Waals surface area contributed by atoms with Crippen LogP contribution in [0.1, 0.15) is 15.2 Å². The van der Waals surface area contributed by atoms with E-state index in [1.54, 1.807) is 0 Å². The highest BCUT2D eigenvalue weighted by Gasteiger charge is 2.29. The van der Waals surface area contributed by atoms with Gasteiger partial charge in [-0.15, -0.1) is 11.3 Å². The number of Topliss-reactive ketones (excluding diaryl/α,β-unsaturated/α-hetero) is 1. The van der Waals surface area contributed by atoms with Crippen molar-refractivity contribution in [3.05, 3.63) is 52.2 Å². The number of thioether (sulfide) groups is 1. The summed E-state index contributed by atoms with van der Waals surface area (Å²) in [5, 5.41) is 1.88. The molecular formula is C13H9F3OS2. The molecule has 0 bridgehead atoms. The Morgan fingerprint density at radius 2 is 1.84 bits per heavy atom. The molecule has 2 aromatic rings. The number of carbonyl (C=O) groups is 1. The monoisotopic (exact) mass is 302 g/mol. The zero-order valence-corrected chi connectivity index (χ0v) is 11.2. The minimum Gasteiger partial charge on any atom is -0.294 e. The molecule has 0 radical (unpaired) electrons. The van der Waals surface area contributed by atoms with Crippen molar-refractivity contribution in [3.8, 4) is 0 Å². The first-order chi connectivity index (χ1) is 8.94. The van der Waals surface area contributed by atoms with Gasteiger partial charge in [0.05, 0.1) is 0 Å². The van der Waals surface area contributed by atoms with Crippen LogP contribution in [-0.2, 0) is 6.42 Å². The van der Waals surface area contributed by atoms with E-state index in [2.05, 4.69) is 0 Å². The molecular weight excluding hydrogens is 293 g/mol. The quantitative estimate of drug-likeness (QED) is 0.597. The number of hydrogen-bond donors (Lipinski definition) is 0. The fourth-order valence-electron chi connectivity index (χ4n) is 1.52. The number of benzene rings is 1. The van der Waals surface area contributed by atoms with Crippen molar-refractivity contribution in [1.82, 2.24) is 0 Å². The van der Waals surface area contributed by atoms with Crippen LogP contribution < -0.4 is 0 Å². The van der Waals surface area contributed by atoms with E-state index in [0.717, 1.165) is 4.88 Å². The van der Waals surface area contributed by atoms with Gasteiger partial charge in [-0.1, -0.05) is 18.2 Å². The lowest BCUT2D eigenvalue weighted by Gasteiger charge is -2.06. The first-order valence-corrected chi connectivity index (χ1v) is 7.05. The van der Waals surface area contributed by atoms with Crippen LogP contribution in [0, 0.1) is 0 Å². The molecule has 0 fully saturated rings. The standard InChI is InChI=1S/C13H9F3OS2/c14-13(15,16)19-10-5-3-9(4-6-10)12(17)8-11-2-1-7-18-11/h1-7H,8H2. The minimum atomic E-state index is -4.30. The fourth-order valence-corrected chi connectivity index (χ4v) is 2.76. The molecule has 1 heterocycles. The van der Waals surface area contributed by atoms with Crippen molar-refractivity contribution in [2.45, 2.75) is 16.8 Å². The Hall–Kier alpha value is -1.27. The molecule has 100 valence electrons. The topological polar surface area (TPSA) is 17.1 Å². The Morgan fingerprint density at radius 3 is 2.37 bits per heavy atom. The molecule has 1 nitrogen and oxygen atoms in total. The molecule has 0 amide bonds. The lowest BCUT2D eigenvalue weighted by molar-refractivity contribution is -0.0328. The molecule has 1 aromatic carbocycles.